The molecule has 0 radical (unpaired) electrons. The molecule has 1 amide bonds. The van der Waals surface area contributed by atoms with Gasteiger partial charge in [0.25, 0.3) is 5.91 Å². The number of thioether (sulfide) groups is 1. The number of carbonyl (C=O) groups is 1. The molecule has 7 heteroatoms. The van der Waals surface area contributed by atoms with Crippen LogP contribution in [0.1, 0.15) is 23.3 Å². The van der Waals surface area contributed by atoms with E-state index < -0.39 is 0 Å². The molecule has 2 heterocycles. The topological polar surface area (TPSA) is 59.2 Å². The second-order valence-corrected chi connectivity index (χ2v) is 6.78. The lowest BCUT2D eigenvalue weighted by Gasteiger charge is -2.39. The molecule has 1 saturated heterocycles. The molecule has 0 aliphatic carbocycles. The number of rotatable bonds is 3. The molecule has 0 unspecified atom stereocenters. The van der Waals surface area contributed by atoms with Crippen LogP contribution in [-0.4, -0.2) is 44.9 Å². The van der Waals surface area contributed by atoms with E-state index >= 15 is 0 Å². The number of hydrogen-bond donors (Lipinski definition) is 1. The summed E-state index contributed by atoms with van der Waals surface area (Å²) in [6.45, 7) is 1.28. The Labute approximate surface area is 133 Å². The van der Waals surface area contributed by atoms with Crippen LogP contribution in [0.2, 0.25) is 5.02 Å². The molecule has 108 valence electrons. The first kappa shape index (κ1) is 15.5. The fraction of sp³-hybridized carbons (Fsp3) is 0.462. The summed E-state index contributed by atoms with van der Waals surface area (Å²) in [5.41, 5.74) is 6.26. The third-order valence-corrected chi connectivity index (χ3v) is 5.80. The van der Waals surface area contributed by atoms with Gasteiger partial charge in [0, 0.05) is 19.3 Å². The molecule has 2 N–H and O–H groups in total. The first-order chi connectivity index (χ1) is 9.48. The first-order valence-corrected chi connectivity index (χ1v) is 8.25. The van der Waals surface area contributed by atoms with Crippen LogP contribution in [0.5, 0.6) is 0 Å². The van der Waals surface area contributed by atoms with Crippen molar-refractivity contribution >= 4 is 46.5 Å². The summed E-state index contributed by atoms with van der Waals surface area (Å²) in [7, 11) is 0. The molecule has 4 nitrogen and oxygen atoms in total. The van der Waals surface area contributed by atoms with Crippen molar-refractivity contribution in [3.8, 4) is 0 Å². The molecule has 1 aliphatic heterocycles. The lowest BCUT2D eigenvalue weighted by atomic mass is 9.95. The van der Waals surface area contributed by atoms with Gasteiger partial charge >= 0.3 is 0 Å². The Morgan fingerprint density at radius 1 is 1.50 bits per heavy atom. The number of nitrogens with two attached hydrogens (primary N) is 1. The minimum absolute atomic E-state index is 0.0701. The Morgan fingerprint density at radius 2 is 2.15 bits per heavy atom. The van der Waals surface area contributed by atoms with E-state index in [1.165, 1.54) is 6.20 Å². The van der Waals surface area contributed by atoms with Crippen molar-refractivity contribution in [3.63, 3.8) is 0 Å². The molecule has 0 atom stereocenters. The number of likely N-dealkylation sites (tertiary alicyclic amines) is 1. The largest absolute Gasteiger partial charge is 0.392 e. The maximum Gasteiger partial charge on any atom is 0.272 e. The van der Waals surface area contributed by atoms with Gasteiger partial charge in [-0.2, -0.15) is 11.8 Å². The molecular formula is C13H16ClN3OS2. The number of piperidine rings is 1. The highest BCUT2D eigenvalue weighted by atomic mass is 35.5. The van der Waals surface area contributed by atoms with Crippen LogP contribution in [-0.2, 0) is 0 Å². The van der Waals surface area contributed by atoms with Crippen LogP contribution < -0.4 is 5.73 Å². The van der Waals surface area contributed by atoms with Crippen LogP contribution in [0.15, 0.2) is 18.3 Å². The normalized spacial score (nSPS) is 17.8. The summed E-state index contributed by atoms with van der Waals surface area (Å²) in [6.07, 6.45) is 5.06. The maximum absolute atomic E-state index is 12.3. The number of thiocarbonyl (C=S) groups is 1. The van der Waals surface area contributed by atoms with Gasteiger partial charge in [-0.1, -0.05) is 23.8 Å². The number of halogens is 1. The highest BCUT2D eigenvalue weighted by Crippen LogP contribution is 2.35. The van der Waals surface area contributed by atoms with Gasteiger partial charge in [0.05, 0.1) is 14.8 Å². The standard InChI is InChI=1S/C13H16ClN3OS2/c1-20-13(12(15)19)4-6-17(7-5-13)11(18)10-3-2-9(14)8-16-10/h2-3,8H,4-7H2,1H3,(H2,15,19). The molecule has 0 aromatic carbocycles. The summed E-state index contributed by atoms with van der Waals surface area (Å²) in [5, 5.41) is 0.523. The summed E-state index contributed by atoms with van der Waals surface area (Å²) < 4.78 is -0.181. The predicted molar refractivity (Wildman–Crippen MR) is 87.4 cm³/mol. The predicted octanol–water partition coefficient (Wildman–Crippen LogP) is 2.36. The monoisotopic (exact) mass is 329 g/mol. The fourth-order valence-corrected chi connectivity index (χ4v) is 3.64. The Hall–Kier alpha value is -0.850. The number of nitrogens with zero attached hydrogens (tertiary/aromatic N) is 2. The lowest BCUT2D eigenvalue weighted by Crippen LogP contribution is -2.50. The Kier molecular flexibility index (Phi) is 4.88. The lowest BCUT2D eigenvalue weighted by molar-refractivity contribution is 0.0713. The summed E-state index contributed by atoms with van der Waals surface area (Å²) in [5.74, 6) is -0.0701. The van der Waals surface area contributed by atoms with Crippen molar-refractivity contribution in [3.05, 3.63) is 29.0 Å². The van der Waals surface area contributed by atoms with E-state index in [1.807, 2.05) is 6.26 Å². The van der Waals surface area contributed by atoms with Gasteiger partial charge in [-0.15, -0.1) is 0 Å². The zero-order valence-electron chi connectivity index (χ0n) is 11.1. The van der Waals surface area contributed by atoms with Crippen LogP contribution in [0.3, 0.4) is 0 Å². The Bertz CT molecular complexity index is 513. The summed E-state index contributed by atoms with van der Waals surface area (Å²) in [6, 6.07) is 3.32. The molecule has 1 aromatic heterocycles. The van der Waals surface area contributed by atoms with E-state index in [1.54, 1.807) is 28.8 Å². The van der Waals surface area contributed by atoms with E-state index in [0.29, 0.717) is 28.8 Å². The molecule has 1 aliphatic rings. The van der Waals surface area contributed by atoms with Crippen molar-refractivity contribution in [2.45, 2.75) is 17.6 Å². The first-order valence-electron chi connectivity index (χ1n) is 6.24. The molecule has 0 saturated carbocycles. The van der Waals surface area contributed by atoms with Gasteiger partial charge in [0.15, 0.2) is 0 Å². The molecule has 1 fully saturated rings. The Balaban J connectivity index is 2.05. The van der Waals surface area contributed by atoms with Crippen molar-refractivity contribution < 1.29 is 4.79 Å². The molecule has 20 heavy (non-hydrogen) atoms. The van der Waals surface area contributed by atoms with Crippen LogP contribution in [0.25, 0.3) is 0 Å². The summed E-state index contributed by atoms with van der Waals surface area (Å²) in [4.78, 5) is 18.7. The number of carbonyl (C=O) groups excluding carboxylic acids is 1. The van der Waals surface area contributed by atoms with Crippen molar-refractivity contribution in [1.29, 1.82) is 0 Å². The van der Waals surface area contributed by atoms with Gasteiger partial charge in [0.2, 0.25) is 0 Å². The van der Waals surface area contributed by atoms with E-state index in [4.69, 9.17) is 29.6 Å². The third-order valence-electron chi connectivity index (χ3n) is 3.64. The van der Waals surface area contributed by atoms with Gasteiger partial charge in [-0.25, -0.2) is 4.98 Å². The summed E-state index contributed by atoms with van der Waals surface area (Å²) >= 11 is 12.6. The van der Waals surface area contributed by atoms with Crippen molar-refractivity contribution in [1.82, 2.24) is 9.88 Å². The third kappa shape index (κ3) is 3.07. The number of amides is 1. The number of aromatic nitrogens is 1. The molecule has 0 bridgehead atoms. The highest BCUT2D eigenvalue weighted by Gasteiger charge is 2.38. The van der Waals surface area contributed by atoms with E-state index in [2.05, 4.69) is 4.98 Å². The van der Waals surface area contributed by atoms with Gasteiger partial charge < -0.3 is 10.6 Å². The van der Waals surface area contributed by atoms with E-state index in [9.17, 15) is 4.79 Å². The number of hydrogen-bond acceptors (Lipinski definition) is 4. The molecular weight excluding hydrogens is 314 g/mol. The smallest absolute Gasteiger partial charge is 0.272 e. The molecule has 0 spiro atoms. The maximum atomic E-state index is 12.3. The minimum atomic E-state index is -0.181. The molecule has 2 rings (SSSR count). The van der Waals surface area contributed by atoms with Crippen LogP contribution in [0, 0.1) is 0 Å². The highest BCUT2D eigenvalue weighted by molar-refractivity contribution is 8.02. The van der Waals surface area contributed by atoms with Crippen LogP contribution in [0.4, 0.5) is 0 Å². The fourth-order valence-electron chi connectivity index (χ4n) is 2.29. The minimum Gasteiger partial charge on any atom is -0.392 e. The Morgan fingerprint density at radius 3 is 2.60 bits per heavy atom. The average molecular weight is 330 g/mol. The second kappa shape index (κ2) is 6.28. The molecule has 1 aromatic rings. The van der Waals surface area contributed by atoms with Crippen molar-refractivity contribution in [2.24, 2.45) is 5.73 Å². The SMILES string of the molecule is CSC1(C(N)=S)CCN(C(=O)c2ccc(Cl)cn2)CC1. The average Bonchev–Trinajstić information content (AvgIpc) is 2.47. The van der Waals surface area contributed by atoms with Gasteiger partial charge in [-0.3, -0.25) is 4.79 Å². The van der Waals surface area contributed by atoms with Crippen molar-refractivity contribution in [2.75, 3.05) is 19.3 Å². The van der Waals surface area contributed by atoms with Gasteiger partial charge in [-0.05, 0) is 31.2 Å². The zero-order valence-corrected chi connectivity index (χ0v) is 13.5. The number of pyridine rings is 1. The van der Waals surface area contributed by atoms with E-state index in [0.717, 1.165) is 12.8 Å². The zero-order chi connectivity index (χ0) is 14.8. The second-order valence-electron chi connectivity index (χ2n) is 4.72. The quantitative estimate of drug-likeness (QED) is 0.863. The van der Waals surface area contributed by atoms with E-state index in [-0.39, 0.29) is 10.7 Å². The van der Waals surface area contributed by atoms with Gasteiger partial charge in [0.1, 0.15) is 5.69 Å². The van der Waals surface area contributed by atoms with Crippen LogP contribution >= 0.6 is 35.6 Å².